The van der Waals surface area contributed by atoms with Crippen molar-refractivity contribution in [3.05, 3.63) is 97.5 Å². The zero-order valence-corrected chi connectivity index (χ0v) is 33.4. The number of fused-ring (bicyclic) bond motifs is 1. The molecule has 4 heterocycles. The molecule has 2 fully saturated rings. The zero-order valence-electron chi connectivity index (χ0n) is 32.6. The van der Waals surface area contributed by atoms with Crippen LogP contribution in [0.3, 0.4) is 0 Å². The van der Waals surface area contributed by atoms with Crippen molar-refractivity contribution in [1.82, 2.24) is 20.1 Å². The number of aromatic amines is 1. The predicted octanol–water partition coefficient (Wildman–Crippen LogP) is 6.06. The number of pyridine rings is 1. The number of piperidine rings is 1. The monoisotopic (exact) mass is 872 g/mol. The van der Waals surface area contributed by atoms with Gasteiger partial charge in [-0.05, 0) is 66.6 Å². The number of halogens is 6. The Labute approximate surface area is 344 Å². The van der Waals surface area contributed by atoms with Crippen LogP contribution >= 0.6 is 11.3 Å². The molecule has 0 aliphatic carbocycles. The highest BCUT2D eigenvalue weighted by Crippen LogP contribution is 2.33. The molecule has 0 unspecified atom stereocenters. The zero-order chi connectivity index (χ0) is 44.4. The van der Waals surface area contributed by atoms with Crippen molar-refractivity contribution in [2.75, 3.05) is 45.9 Å². The standard InChI is InChI=1S/C36H44N4O5S.2C2HF3O2/c1-24(2)32-19-27(22-46-32)35(44)40-16-17-45-36(23-40)11-14-39(15-12-36)21-26-5-3-4-25(18-26)10-13-37-20-31(42)28-6-8-30(41)34-29(28)7-9-33(43)38-34;2*3-2(4,5)1(6)7/h3-9,18-19,22,24,31,37,41-42H,10-17,20-21,23H2,1-2H3,(H,38,43);2*(H,6,7)/t31-;;/m0../s1. The minimum absolute atomic E-state index is 0.0176. The summed E-state index contributed by atoms with van der Waals surface area (Å²) in [4.78, 5) is 51.1. The molecule has 60 heavy (non-hydrogen) atoms. The lowest BCUT2D eigenvalue weighted by atomic mass is 9.89. The van der Waals surface area contributed by atoms with Gasteiger partial charge in [0.25, 0.3) is 5.91 Å². The second-order valence-corrected chi connectivity index (χ2v) is 15.6. The Hall–Kier alpha value is -5.02. The smallest absolute Gasteiger partial charge is 0.490 e. The second-order valence-electron chi connectivity index (χ2n) is 14.6. The second kappa shape index (κ2) is 20.5. The molecular weight excluding hydrogens is 827 g/mol. The van der Waals surface area contributed by atoms with E-state index in [4.69, 9.17) is 24.5 Å². The topological polar surface area (TPSA) is 193 Å². The Morgan fingerprint density at radius 3 is 2.17 bits per heavy atom. The number of aromatic hydroxyl groups is 1. The number of rotatable bonds is 10. The lowest BCUT2D eigenvalue weighted by Crippen LogP contribution is -2.57. The average molecular weight is 873 g/mol. The molecule has 6 rings (SSSR count). The van der Waals surface area contributed by atoms with Gasteiger partial charge >= 0.3 is 24.3 Å². The maximum atomic E-state index is 13.3. The number of likely N-dealkylation sites (tertiary alicyclic amines) is 1. The Bertz CT molecular complexity index is 2130. The van der Waals surface area contributed by atoms with E-state index in [0.29, 0.717) is 55.2 Å². The summed E-state index contributed by atoms with van der Waals surface area (Å²) in [5, 5.41) is 41.2. The van der Waals surface area contributed by atoms with Gasteiger partial charge in [0.05, 0.1) is 35.9 Å². The molecule has 2 aliphatic heterocycles. The minimum Gasteiger partial charge on any atom is -0.506 e. The number of aliphatic carboxylic acids is 2. The molecule has 1 atom stereocenters. The van der Waals surface area contributed by atoms with Crippen LogP contribution in [0.1, 0.15) is 70.6 Å². The number of alkyl halides is 6. The molecule has 0 bridgehead atoms. The molecule has 0 saturated carbocycles. The summed E-state index contributed by atoms with van der Waals surface area (Å²) >= 11 is 1.67. The molecule has 2 saturated heterocycles. The number of aliphatic hydroxyl groups excluding tert-OH is 1. The van der Waals surface area contributed by atoms with Gasteiger partial charge in [0.1, 0.15) is 5.75 Å². The van der Waals surface area contributed by atoms with Crippen LogP contribution in [0, 0.1) is 0 Å². The first kappa shape index (κ1) is 47.7. The van der Waals surface area contributed by atoms with Crippen molar-refractivity contribution in [1.29, 1.82) is 0 Å². The fraction of sp³-hybridized carbons (Fsp3) is 0.450. The third kappa shape index (κ3) is 13.5. The van der Waals surface area contributed by atoms with Crippen molar-refractivity contribution in [2.45, 2.75) is 69.6 Å². The van der Waals surface area contributed by atoms with Crippen LogP contribution in [0.5, 0.6) is 5.75 Å². The Morgan fingerprint density at radius 1 is 0.933 bits per heavy atom. The van der Waals surface area contributed by atoms with Crippen molar-refractivity contribution >= 4 is 40.1 Å². The maximum absolute atomic E-state index is 13.3. The number of phenolic OH excluding ortho intramolecular Hbond substituents is 1. The van der Waals surface area contributed by atoms with E-state index in [-0.39, 0.29) is 22.8 Å². The molecular formula is C40H46F6N4O9S. The Balaban J connectivity index is 0.000000488. The summed E-state index contributed by atoms with van der Waals surface area (Å²) in [6.45, 7) is 10.0. The molecule has 6 N–H and O–H groups in total. The van der Waals surface area contributed by atoms with Crippen LogP contribution in [0.2, 0.25) is 0 Å². The number of nitrogens with one attached hydrogen (secondary N) is 2. The van der Waals surface area contributed by atoms with Gasteiger partial charge in [-0.1, -0.05) is 44.2 Å². The van der Waals surface area contributed by atoms with E-state index in [1.165, 1.54) is 28.1 Å². The molecule has 1 amide bonds. The quantitative estimate of drug-likeness (QED) is 0.0802. The molecule has 1 spiro atoms. The highest BCUT2D eigenvalue weighted by atomic mass is 32.1. The lowest BCUT2D eigenvalue weighted by Gasteiger charge is -2.47. The fourth-order valence-electron chi connectivity index (χ4n) is 6.66. The normalized spacial score (nSPS) is 16.1. The number of carbonyl (C=O) groups excluding carboxylic acids is 1. The Kier molecular flexibility index (Phi) is 16.3. The summed E-state index contributed by atoms with van der Waals surface area (Å²) in [6.07, 6.45) is -8.30. The molecule has 2 aliphatic rings. The summed E-state index contributed by atoms with van der Waals surface area (Å²) in [7, 11) is 0. The fourth-order valence-corrected chi connectivity index (χ4v) is 7.56. The van der Waals surface area contributed by atoms with E-state index in [9.17, 15) is 46.1 Å². The van der Waals surface area contributed by atoms with Gasteiger partial charge in [-0.2, -0.15) is 26.3 Å². The number of morpholine rings is 1. The molecule has 2 aromatic heterocycles. The number of aromatic nitrogens is 1. The molecule has 13 nitrogen and oxygen atoms in total. The number of hydrogen-bond acceptors (Lipinski definition) is 10. The van der Waals surface area contributed by atoms with Crippen LogP contribution in [0.25, 0.3) is 10.9 Å². The summed E-state index contributed by atoms with van der Waals surface area (Å²) in [6, 6.07) is 17.0. The average Bonchev–Trinajstić information content (AvgIpc) is 3.69. The number of thiophene rings is 1. The summed E-state index contributed by atoms with van der Waals surface area (Å²) in [5.74, 6) is -4.98. The number of carboxylic acid groups (broad SMARTS) is 2. The molecule has 2 aromatic carbocycles. The summed E-state index contributed by atoms with van der Waals surface area (Å²) in [5.41, 5.74) is 3.75. The van der Waals surface area contributed by atoms with Crippen LogP contribution < -0.4 is 10.9 Å². The lowest BCUT2D eigenvalue weighted by molar-refractivity contribution is -0.193. The van der Waals surface area contributed by atoms with E-state index < -0.39 is 30.4 Å². The van der Waals surface area contributed by atoms with Gasteiger partial charge in [-0.3, -0.25) is 14.5 Å². The number of nitrogens with zero attached hydrogens (tertiary/aromatic N) is 2. The maximum Gasteiger partial charge on any atom is 0.490 e. The van der Waals surface area contributed by atoms with Crippen LogP contribution in [-0.2, 0) is 27.3 Å². The minimum atomic E-state index is -5.08. The first-order valence-electron chi connectivity index (χ1n) is 18.7. The number of carboxylic acids is 2. The highest BCUT2D eigenvalue weighted by Gasteiger charge is 2.41. The van der Waals surface area contributed by atoms with Crippen LogP contribution in [0.4, 0.5) is 26.3 Å². The third-order valence-electron chi connectivity index (χ3n) is 9.82. The van der Waals surface area contributed by atoms with E-state index in [0.717, 1.165) is 44.5 Å². The summed E-state index contributed by atoms with van der Waals surface area (Å²) < 4.78 is 69.8. The van der Waals surface area contributed by atoms with Gasteiger partial charge in [-0.25, -0.2) is 9.59 Å². The van der Waals surface area contributed by atoms with Gasteiger partial charge in [0.2, 0.25) is 5.56 Å². The van der Waals surface area contributed by atoms with Crippen LogP contribution in [-0.4, -0.2) is 117 Å². The van der Waals surface area contributed by atoms with Crippen molar-refractivity contribution < 1.29 is 65.9 Å². The first-order valence-corrected chi connectivity index (χ1v) is 19.6. The molecule has 4 aromatic rings. The van der Waals surface area contributed by atoms with Crippen LogP contribution in [0.15, 0.2) is 64.8 Å². The number of phenols is 1. The highest BCUT2D eigenvalue weighted by molar-refractivity contribution is 7.10. The van der Waals surface area contributed by atoms with Crippen molar-refractivity contribution in [2.24, 2.45) is 0 Å². The number of ether oxygens (including phenoxy) is 1. The van der Waals surface area contributed by atoms with Crippen molar-refractivity contribution in [3.63, 3.8) is 0 Å². The van der Waals surface area contributed by atoms with E-state index in [2.05, 4.69) is 59.4 Å². The number of amides is 1. The molecule has 0 radical (unpaired) electrons. The third-order valence-corrected chi connectivity index (χ3v) is 11.0. The largest absolute Gasteiger partial charge is 0.506 e. The molecule has 20 heteroatoms. The number of hydrogen-bond donors (Lipinski definition) is 6. The van der Waals surface area contributed by atoms with Gasteiger partial charge in [-0.15, -0.1) is 11.3 Å². The number of aliphatic hydroxyl groups is 1. The first-order chi connectivity index (χ1) is 28.1. The predicted molar refractivity (Wildman–Crippen MR) is 209 cm³/mol. The van der Waals surface area contributed by atoms with Crippen molar-refractivity contribution in [3.8, 4) is 5.75 Å². The van der Waals surface area contributed by atoms with E-state index in [1.807, 2.05) is 10.3 Å². The van der Waals surface area contributed by atoms with E-state index >= 15 is 0 Å². The number of benzene rings is 2. The van der Waals surface area contributed by atoms with E-state index in [1.54, 1.807) is 23.5 Å². The van der Waals surface area contributed by atoms with Gasteiger partial charge in [0.15, 0.2) is 0 Å². The Morgan fingerprint density at radius 2 is 1.57 bits per heavy atom. The van der Waals surface area contributed by atoms with Gasteiger partial charge in [0, 0.05) is 54.4 Å². The number of H-pyrrole nitrogens is 1. The number of carbonyl (C=O) groups is 3. The SMILES string of the molecule is CC(C)c1cc(C(=O)N2CCOC3(CCN(Cc4cccc(CCNC[C@H](O)c5ccc(O)c6[nH]c(=O)ccc56)c4)CC3)C2)cs1.O=C(O)C(F)(F)F.O=C(O)C(F)(F)F. The molecule has 328 valence electrons. The van der Waals surface area contributed by atoms with Gasteiger partial charge < -0.3 is 40.4 Å².